The molecule has 0 aliphatic carbocycles. The monoisotopic (exact) mass is 160 g/mol. The molecule has 0 unspecified atom stereocenters. The fraction of sp³-hybridized carbons (Fsp3) is 0. The molecule has 0 aliphatic heterocycles. The summed E-state index contributed by atoms with van der Waals surface area (Å²) < 4.78 is 0. The minimum absolute atomic E-state index is 0.0245. The lowest BCUT2D eigenvalue weighted by molar-refractivity contribution is 0.0290. The van der Waals surface area contributed by atoms with E-state index in [2.05, 4.69) is 4.98 Å². The lowest BCUT2D eigenvalue weighted by Crippen LogP contribution is -2.10. The molecule has 4 nitrogen and oxygen atoms in total. The van der Waals surface area contributed by atoms with Gasteiger partial charge in [0, 0.05) is 0 Å². The van der Waals surface area contributed by atoms with E-state index in [1.54, 1.807) is 0 Å². The predicted octanol–water partition coefficient (Wildman–Crippen LogP) is 1.32. The standard InChI is InChI=1S/C5H5ClN2O2/c6-5-2-1-4(3-7-5)8(9)10/h1-3,9-10H. The zero-order valence-corrected chi connectivity index (χ0v) is 5.65. The smallest absolute Gasteiger partial charge is 0.129 e. The Kier molecular flexibility index (Phi) is 2.06. The van der Waals surface area contributed by atoms with Crippen LogP contribution >= 0.6 is 11.6 Å². The van der Waals surface area contributed by atoms with E-state index in [0.717, 1.165) is 0 Å². The lowest BCUT2D eigenvalue weighted by Gasteiger charge is -2.05. The molecule has 5 heteroatoms. The number of nitrogens with zero attached hydrogens (tertiary/aromatic N) is 2. The third kappa shape index (κ3) is 1.57. The first-order chi connectivity index (χ1) is 4.70. The summed E-state index contributed by atoms with van der Waals surface area (Å²) >= 11 is 5.42. The first kappa shape index (κ1) is 7.27. The molecule has 0 bridgehead atoms. The second-order valence-corrected chi connectivity index (χ2v) is 2.02. The first-order valence-electron chi connectivity index (χ1n) is 2.49. The van der Waals surface area contributed by atoms with E-state index in [1.807, 2.05) is 0 Å². The molecule has 0 aromatic carbocycles. The molecule has 1 aromatic rings. The molecule has 0 atom stereocenters. The molecule has 0 fully saturated rings. The molecule has 0 saturated heterocycles. The summed E-state index contributed by atoms with van der Waals surface area (Å²) in [5.41, 5.74) is 0.171. The summed E-state index contributed by atoms with van der Waals surface area (Å²) in [5, 5.41) is 17.1. The molecule has 0 spiro atoms. The van der Waals surface area contributed by atoms with Crippen molar-refractivity contribution < 1.29 is 10.4 Å². The van der Waals surface area contributed by atoms with E-state index in [-0.39, 0.29) is 10.9 Å². The van der Waals surface area contributed by atoms with Crippen LogP contribution in [-0.2, 0) is 0 Å². The SMILES string of the molecule is ON(O)c1ccc(Cl)nc1. The molecule has 1 heterocycles. The molecule has 1 rings (SSSR count). The van der Waals surface area contributed by atoms with Gasteiger partial charge in [-0.05, 0) is 12.1 Å². The van der Waals surface area contributed by atoms with Gasteiger partial charge in [0.2, 0.25) is 0 Å². The number of pyridine rings is 1. The van der Waals surface area contributed by atoms with Crippen molar-refractivity contribution in [1.29, 1.82) is 0 Å². The zero-order chi connectivity index (χ0) is 7.56. The van der Waals surface area contributed by atoms with Gasteiger partial charge in [0.1, 0.15) is 10.8 Å². The Labute approximate surface area is 62.2 Å². The molecule has 0 saturated carbocycles. The lowest BCUT2D eigenvalue weighted by atomic mass is 10.4. The van der Waals surface area contributed by atoms with E-state index in [9.17, 15) is 0 Å². The Morgan fingerprint density at radius 3 is 2.50 bits per heavy atom. The van der Waals surface area contributed by atoms with Crippen LogP contribution in [0.25, 0.3) is 0 Å². The van der Waals surface area contributed by atoms with E-state index in [4.69, 9.17) is 22.0 Å². The topological polar surface area (TPSA) is 56.6 Å². The van der Waals surface area contributed by atoms with Crippen molar-refractivity contribution >= 4 is 17.3 Å². The maximum atomic E-state index is 8.42. The van der Waals surface area contributed by atoms with Crippen molar-refractivity contribution in [3.05, 3.63) is 23.5 Å². The van der Waals surface area contributed by atoms with Crippen LogP contribution in [0.2, 0.25) is 5.15 Å². The number of aromatic nitrogens is 1. The van der Waals surface area contributed by atoms with Crippen LogP contribution in [0, 0.1) is 0 Å². The highest BCUT2D eigenvalue weighted by Gasteiger charge is 1.96. The predicted molar refractivity (Wildman–Crippen MR) is 35.3 cm³/mol. The van der Waals surface area contributed by atoms with Gasteiger partial charge in [0.25, 0.3) is 0 Å². The minimum Gasteiger partial charge on any atom is -0.264 e. The zero-order valence-electron chi connectivity index (χ0n) is 4.90. The van der Waals surface area contributed by atoms with Gasteiger partial charge in [-0.3, -0.25) is 10.4 Å². The highest BCUT2D eigenvalue weighted by Crippen LogP contribution is 2.11. The van der Waals surface area contributed by atoms with Gasteiger partial charge < -0.3 is 0 Å². The summed E-state index contributed by atoms with van der Waals surface area (Å²) in [6, 6.07) is 2.88. The Bertz CT molecular complexity index is 211. The number of anilines is 1. The van der Waals surface area contributed by atoms with Crippen LogP contribution in [-0.4, -0.2) is 15.4 Å². The van der Waals surface area contributed by atoms with Crippen LogP contribution in [0.3, 0.4) is 0 Å². The van der Waals surface area contributed by atoms with Crippen LogP contribution in [0.5, 0.6) is 0 Å². The molecule has 0 radical (unpaired) electrons. The van der Waals surface area contributed by atoms with Gasteiger partial charge in [-0.1, -0.05) is 11.6 Å². The Balaban J connectivity index is 2.89. The Morgan fingerprint density at radius 2 is 2.10 bits per heavy atom. The van der Waals surface area contributed by atoms with Crippen LogP contribution in [0.15, 0.2) is 18.3 Å². The first-order valence-corrected chi connectivity index (χ1v) is 2.87. The number of rotatable bonds is 1. The van der Waals surface area contributed by atoms with Crippen molar-refractivity contribution in [2.45, 2.75) is 0 Å². The maximum Gasteiger partial charge on any atom is 0.129 e. The van der Waals surface area contributed by atoms with Gasteiger partial charge in [-0.2, -0.15) is 0 Å². The largest absolute Gasteiger partial charge is 0.264 e. The summed E-state index contributed by atoms with van der Waals surface area (Å²) in [6.45, 7) is 0. The van der Waals surface area contributed by atoms with E-state index in [0.29, 0.717) is 5.15 Å². The van der Waals surface area contributed by atoms with Gasteiger partial charge in [0.15, 0.2) is 0 Å². The van der Waals surface area contributed by atoms with Crippen molar-refractivity contribution in [2.24, 2.45) is 0 Å². The van der Waals surface area contributed by atoms with Crippen LogP contribution in [0.1, 0.15) is 0 Å². The van der Waals surface area contributed by atoms with Crippen molar-refractivity contribution in [2.75, 3.05) is 5.23 Å². The summed E-state index contributed by atoms with van der Waals surface area (Å²) in [5.74, 6) is 0. The average molecular weight is 161 g/mol. The maximum absolute atomic E-state index is 8.42. The Morgan fingerprint density at radius 1 is 1.40 bits per heavy atom. The number of hydrogen-bond donors (Lipinski definition) is 2. The second-order valence-electron chi connectivity index (χ2n) is 1.63. The fourth-order valence-corrected chi connectivity index (χ4v) is 0.598. The summed E-state index contributed by atoms with van der Waals surface area (Å²) in [6.07, 6.45) is 1.24. The third-order valence-corrected chi connectivity index (χ3v) is 1.17. The minimum atomic E-state index is -0.0245. The normalized spacial score (nSPS) is 9.50. The molecule has 0 aliphatic rings. The number of hydrogen-bond acceptors (Lipinski definition) is 4. The van der Waals surface area contributed by atoms with Crippen LogP contribution < -0.4 is 5.23 Å². The molecule has 54 valence electrons. The van der Waals surface area contributed by atoms with Gasteiger partial charge >= 0.3 is 0 Å². The molecule has 1 aromatic heterocycles. The average Bonchev–Trinajstić information content (AvgIpc) is 1.88. The summed E-state index contributed by atoms with van der Waals surface area (Å²) in [7, 11) is 0. The van der Waals surface area contributed by atoms with Gasteiger partial charge in [-0.15, -0.1) is 5.23 Å². The highest BCUT2D eigenvalue weighted by molar-refractivity contribution is 6.29. The molecular formula is C5H5ClN2O2. The van der Waals surface area contributed by atoms with E-state index < -0.39 is 0 Å². The van der Waals surface area contributed by atoms with Crippen molar-refractivity contribution in [1.82, 2.24) is 4.98 Å². The van der Waals surface area contributed by atoms with E-state index >= 15 is 0 Å². The molecule has 2 N–H and O–H groups in total. The van der Waals surface area contributed by atoms with Crippen molar-refractivity contribution in [3.8, 4) is 0 Å². The quantitative estimate of drug-likeness (QED) is 0.481. The second kappa shape index (κ2) is 2.83. The third-order valence-electron chi connectivity index (χ3n) is 0.943. The van der Waals surface area contributed by atoms with Crippen molar-refractivity contribution in [3.63, 3.8) is 0 Å². The highest BCUT2D eigenvalue weighted by atomic mass is 35.5. The Hall–Kier alpha value is -0.840. The fourth-order valence-electron chi connectivity index (χ4n) is 0.486. The van der Waals surface area contributed by atoms with Gasteiger partial charge in [0.05, 0.1) is 6.20 Å². The molecule has 10 heavy (non-hydrogen) atoms. The van der Waals surface area contributed by atoms with E-state index in [1.165, 1.54) is 18.3 Å². The van der Waals surface area contributed by atoms with Gasteiger partial charge in [-0.25, -0.2) is 4.98 Å². The number of halogens is 1. The van der Waals surface area contributed by atoms with Crippen LogP contribution in [0.4, 0.5) is 5.69 Å². The summed E-state index contributed by atoms with van der Waals surface area (Å²) in [4.78, 5) is 3.60. The molecular weight excluding hydrogens is 156 g/mol. The molecule has 0 amide bonds.